The van der Waals surface area contributed by atoms with Crippen molar-refractivity contribution < 1.29 is 34.4 Å². The molecule has 0 amide bonds. The lowest BCUT2D eigenvalue weighted by Gasteiger charge is -2.17. The van der Waals surface area contributed by atoms with Gasteiger partial charge in [0, 0.05) is 5.69 Å². The fourth-order valence-electron chi connectivity index (χ4n) is 1.85. The monoisotopic (exact) mass is 309 g/mol. The predicted molar refractivity (Wildman–Crippen MR) is 73.7 cm³/mol. The molecule has 0 radical (unpaired) electrons. The number of rotatable bonds is 5. The zero-order chi connectivity index (χ0) is 16.3. The molecule has 0 aliphatic carbocycles. The summed E-state index contributed by atoms with van der Waals surface area (Å²) in [6.45, 7) is -0.497. The lowest BCUT2D eigenvalue weighted by Crippen LogP contribution is -2.33. The number of aliphatic hydroxyl groups is 3. The van der Waals surface area contributed by atoms with Crippen LogP contribution in [-0.2, 0) is 25.5 Å². The molecule has 1 heterocycles. The molecular formula is C14H15NO7. The van der Waals surface area contributed by atoms with Gasteiger partial charge in [-0.3, -0.25) is 4.79 Å². The SMILES string of the molecule is Nc1ccc(CC(=O)OC[C@@H](O)[C@H]2OC(=O)C(O)=C2O)cc1. The standard InChI is InChI=1S/C14H15NO7/c15-8-3-1-7(2-4-8)5-10(17)21-6-9(16)13-11(18)12(19)14(20)22-13/h1-4,9,13,16,18-19H,5-6,15H2/t9-,13-/m1/s1. The number of hydrogen-bond acceptors (Lipinski definition) is 8. The van der Waals surface area contributed by atoms with Crippen LogP contribution in [0.1, 0.15) is 5.56 Å². The Morgan fingerprint density at radius 3 is 2.50 bits per heavy atom. The second-order valence-electron chi connectivity index (χ2n) is 4.73. The molecule has 0 saturated carbocycles. The van der Waals surface area contributed by atoms with Gasteiger partial charge in [0.1, 0.15) is 12.7 Å². The zero-order valence-electron chi connectivity index (χ0n) is 11.4. The fourth-order valence-corrected chi connectivity index (χ4v) is 1.85. The topological polar surface area (TPSA) is 139 Å². The van der Waals surface area contributed by atoms with Crippen molar-refractivity contribution in [2.75, 3.05) is 12.3 Å². The van der Waals surface area contributed by atoms with Crippen molar-refractivity contribution in [2.24, 2.45) is 0 Å². The zero-order valence-corrected chi connectivity index (χ0v) is 11.4. The van der Waals surface area contributed by atoms with Crippen LogP contribution in [0.4, 0.5) is 5.69 Å². The quantitative estimate of drug-likeness (QED) is 0.439. The van der Waals surface area contributed by atoms with E-state index in [0.717, 1.165) is 0 Å². The maximum absolute atomic E-state index is 11.6. The van der Waals surface area contributed by atoms with Crippen LogP contribution >= 0.6 is 0 Å². The number of aliphatic hydroxyl groups excluding tert-OH is 3. The summed E-state index contributed by atoms with van der Waals surface area (Å²) in [5.74, 6) is -3.50. The summed E-state index contributed by atoms with van der Waals surface area (Å²) in [5, 5.41) is 28.2. The highest BCUT2D eigenvalue weighted by atomic mass is 16.6. The van der Waals surface area contributed by atoms with E-state index < -0.39 is 42.3 Å². The molecule has 0 spiro atoms. The predicted octanol–water partition coefficient (Wildman–Crippen LogP) is -0.0316. The number of cyclic esters (lactones) is 1. The molecule has 5 N–H and O–H groups in total. The summed E-state index contributed by atoms with van der Waals surface area (Å²) in [6, 6.07) is 6.61. The highest BCUT2D eigenvalue weighted by Crippen LogP contribution is 2.21. The summed E-state index contributed by atoms with van der Waals surface area (Å²) >= 11 is 0. The van der Waals surface area contributed by atoms with E-state index in [-0.39, 0.29) is 6.42 Å². The third-order valence-corrected chi connectivity index (χ3v) is 3.03. The summed E-state index contributed by atoms with van der Waals surface area (Å²) < 4.78 is 9.39. The molecule has 1 aromatic rings. The molecule has 2 rings (SSSR count). The van der Waals surface area contributed by atoms with E-state index in [2.05, 4.69) is 4.74 Å². The van der Waals surface area contributed by atoms with Crippen LogP contribution in [0.15, 0.2) is 35.8 Å². The Morgan fingerprint density at radius 1 is 1.32 bits per heavy atom. The molecule has 22 heavy (non-hydrogen) atoms. The van der Waals surface area contributed by atoms with Crippen molar-refractivity contribution in [1.29, 1.82) is 0 Å². The van der Waals surface area contributed by atoms with Crippen LogP contribution in [0.3, 0.4) is 0 Å². The molecule has 2 atom stereocenters. The van der Waals surface area contributed by atoms with Crippen LogP contribution in [0.5, 0.6) is 0 Å². The van der Waals surface area contributed by atoms with E-state index in [1.807, 2.05) is 0 Å². The van der Waals surface area contributed by atoms with Crippen LogP contribution in [0, 0.1) is 0 Å². The Kier molecular flexibility index (Phi) is 4.52. The second-order valence-corrected chi connectivity index (χ2v) is 4.73. The maximum atomic E-state index is 11.6. The molecule has 0 saturated heterocycles. The Labute approximate surface area is 125 Å². The smallest absolute Gasteiger partial charge is 0.377 e. The Balaban J connectivity index is 1.84. The van der Waals surface area contributed by atoms with Crippen molar-refractivity contribution in [2.45, 2.75) is 18.6 Å². The van der Waals surface area contributed by atoms with Gasteiger partial charge in [-0.15, -0.1) is 0 Å². The average Bonchev–Trinajstić information content (AvgIpc) is 2.75. The average molecular weight is 309 g/mol. The molecule has 8 nitrogen and oxygen atoms in total. The van der Waals surface area contributed by atoms with Gasteiger partial charge < -0.3 is 30.5 Å². The number of benzene rings is 1. The maximum Gasteiger partial charge on any atom is 0.377 e. The van der Waals surface area contributed by atoms with E-state index >= 15 is 0 Å². The van der Waals surface area contributed by atoms with Crippen LogP contribution in [0.25, 0.3) is 0 Å². The van der Waals surface area contributed by atoms with Gasteiger partial charge in [0.25, 0.3) is 0 Å². The summed E-state index contributed by atoms with van der Waals surface area (Å²) in [6.07, 6.45) is -2.95. The minimum absolute atomic E-state index is 0.0233. The molecule has 1 aliphatic rings. The minimum atomic E-state index is -1.48. The van der Waals surface area contributed by atoms with Crippen LogP contribution in [0.2, 0.25) is 0 Å². The molecule has 118 valence electrons. The summed E-state index contributed by atoms with van der Waals surface area (Å²) in [7, 11) is 0. The van der Waals surface area contributed by atoms with Crippen molar-refractivity contribution in [1.82, 2.24) is 0 Å². The Morgan fingerprint density at radius 2 is 1.95 bits per heavy atom. The molecule has 0 bridgehead atoms. The van der Waals surface area contributed by atoms with E-state index in [9.17, 15) is 19.8 Å². The van der Waals surface area contributed by atoms with Gasteiger partial charge in [0.2, 0.25) is 5.76 Å². The first-order valence-electron chi connectivity index (χ1n) is 6.39. The fraction of sp³-hybridized carbons (Fsp3) is 0.286. The molecule has 0 unspecified atom stereocenters. The van der Waals surface area contributed by atoms with Crippen molar-refractivity contribution >= 4 is 17.6 Å². The number of carbonyl (C=O) groups is 2. The number of hydrogen-bond donors (Lipinski definition) is 4. The molecule has 0 fully saturated rings. The van der Waals surface area contributed by atoms with Gasteiger partial charge in [0.15, 0.2) is 11.9 Å². The number of ether oxygens (including phenoxy) is 2. The number of esters is 2. The molecular weight excluding hydrogens is 294 g/mol. The highest BCUT2D eigenvalue weighted by Gasteiger charge is 2.39. The molecule has 1 aliphatic heterocycles. The largest absolute Gasteiger partial charge is 0.505 e. The highest BCUT2D eigenvalue weighted by molar-refractivity contribution is 5.89. The third kappa shape index (κ3) is 3.47. The second kappa shape index (κ2) is 6.35. The number of carbonyl (C=O) groups excluding carboxylic acids is 2. The van der Waals surface area contributed by atoms with E-state index in [0.29, 0.717) is 11.3 Å². The molecule has 0 aromatic heterocycles. The van der Waals surface area contributed by atoms with E-state index in [1.54, 1.807) is 24.3 Å². The first-order valence-corrected chi connectivity index (χ1v) is 6.39. The number of nitrogen functional groups attached to an aromatic ring is 1. The van der Waals surface area contributed by atoms with E-state index in [1.165, 1.54) is 0 Å². The normalized spacial score (nSPS) is 19.0. The van der Waals surface area contributed by atoms with Gasteiger partial charge in [-0.25, -0.2) is 4.79 Å². The summed E-state index contributed by atoms with van der Waals surface area (Å²) in [4.78, 5) is 22.6. The van der Waals surface area contributed by atoms with Crippen LogP contribution in [-0.4, -0.2) is 46.1 Å². The van der Waals surface area contributed by atoms with Crippen molar-refractivity contribution in [3.8, 4) is 0 Å². The number of anilines is 1. The lowest BCUT2D eigenvalue weighted by atomic mass is 10.1. The van der Waals surface area contributed by atoms with Crippen LogP contribution < -0.4 is 5.73 Å². The van der Waals surface area contributed by atoms with Gasteiger partial charge in [-0.1, -0.05) is 12.1 Å². The number of nitrogens with two attached hydrogens (primary N) is 1. The minimum Gasteiger partial charge on any atom is -0.505 e. The van der Waals surface area contributed by atoms with Gasteiger partial charge in [-0.05, 0) is 17.7 Å². The van der Waals surface area contributed by atoms with Crippen molar-refractivity contribution in [3.63, 3.8) is 0 Å². The van der Waals surface area contributed by atoms with E-state index in [4.69, 9.17) is 15.6 Å². The lowest BCUT2D eigenvalue weighted by molar-refractivity contribution is -0.154. The Hall–Kier alpha value is -2.74. The third-order valence-electron chi connectivity index (χ3n) is 3.03. The van der Waals surface area contributed by atoms with Gasteiger partial charge >= 0.3 is 11.9 Å². The first-order chi connectivity index (χ1) is 10.4. The summed E-state index contributed by atoms with van der Waals surface area (Å²) in [5.41, 5.74) is 6.77. The van der Waals surface area contributed by atoms with Gasteiger partial charge in [0.05, 0.1) is 6.42 Å². The molecule has 8 heteroatoms. The first kappa shape index (κ1) is 15.6. The Bertz CT molecular complexity index is 608. The van der Waals surface area contributed by atoms with Crippen molar-refractivity contribution in [3.05, 3.63) is 41.3 Å². The molecule has 1 aromatic carbocycles. The van der Waals surface area contributed by atoms with Gasteiger partial charge in [-0.2, -0.15) is 0 Å².